The molecule has 0 spiro atoms. The van der Waals surface area contributed by atoms with E-state index < -0.39 is 23.9 Å². The first kappa shape index (κ1) is 15.7. The molecule has 6 nitrogen and oxygen atoms in total. The summed E-state index contributed by atoms with van der Waals surface area (Å²) < 4.78 is 19.8. The van der Waals surface area contributed by atoms with Gasteiger partial charge in [-0.15, -0.1) is 0 Å². The van der Waals surface area contributed by atoms with Crippen LogP contribution in [-0.2, 0) is 16.1 Å². The Morgan fingerprint density at radius 2 is 2.00 bits per heavy atom. The van der Waals surface area contributed by atoms with Crippen LogP contribution in [0.3, 0.4) is 0 Å². The molecule has 0 radical (unpaired) electrons. The summed E-state index contributed by atoms with van der Waals surface area (Å²) in [4.78, 5) is 22.9. The van der Waals surface area contributed by atoms with Crippen molar-refractivity contribution >= 4 is 11.9 Å². The van der Waals surface area contributed by atoms with E-state index in [1.165, 1.54) is 0 Å². The zero-order chi connectivity index (χ0) is 16.4. The third-order valence-electron chi connectivity index (χ3n) is 4.08. The fourth-order valence-electron chi connectivity index (χ4n) is 2.60. The first-order chi connectivity index (χ1) is 11.0. The van der Waals surface area contributed by atoms with Crippen molar-refractivity contribution < 1.29 is 23.8 Å². The van der Waals surface area contributed by atoms with Crippen LogP contribution in [0.5, 0.6) is 5.75 Å². The predicted octanol–water partition coefficient (Wildman–Crippen LogP) is 1.19. The smallest absolute Gasteiger partial charge is 0.320 e. The van der Waals surface area contributed by atoms with E-state index in [0.29, 0.717) is 18.4 Å². The third-order valence-corrected chi connectivity index (χ3v) is 4.08. The molecule has 124 valence electrons. The largest absolute Gasteiger partial charge is 0.487 e. The van der Waals surface area contributed by atoms with Crippen LogP contribution < -0.4 is 15.4 Å². The van der Waals surface area contributed by atoms with Gasteiger partial charge in [0.1, 0.15) is 6.04 Å². The molecule has 1 aromatic carbocycles. The standard InChI is InChI=1S/C16H19FN2O4/c17-14-9(2-1-3-13(14)23-10-4-5-10)8-18-15(20)11-6-7-12(19-11)16(21)22/h1-3,10-12,19H,4-8H2,(H,18,20)(H,21,22)/t11-,12+/m1/s1. The van der Waals surface area contributed by atoms with E-state index >= 15 is 0 Å². The molecule has 1 aliphatic carbocycles. The molecule has 1 saturated carbocycles. The Labute approximate surface area is 133 Å². The third kappa shape index (κ3) is 3.79. The van der Waals surface area contributed by atoms with Crippen LogP contribution in [0.4, 0.5) is 4.39 Å². The summed E-state index contributed by atoms with van der Waals surface area (Å²) in [6, 6.07) is 3.62. The lowest BCUT2D eigenvalue weighted by Gasteiger charge is -2.14. The molecule has 1 aromatic rings. The Morgan fingerprint density at radius 3 is 2.65 bits per heavy atom. The summed E-state index contributed by atoms with van der Waals surface area (Å²) in [5.74, 6) is -1.52. The molecular formula is C16H19FN2O4. The zero-order valence-electron chi connectivity index (χ0n) is 12.5. The minimum atomic E-state index is -0.962. The number of hydrogen-bond donors (Lipinski definition) is 3. The van der Waals surface area contributed by atoms with Gasteiger partial charge in [-0.3, -0.25) is 14.9 Å². The number of carboxylic acids is 1. The van der Waals surface area contributed by atoms with Gasteiger partial charge in [-0.1, -0.05) is 12.1 Å². The van der Waals surface area contributed by atoms with Crippen LogP contribution in [0.1, 0.15) is 31.2 Å². The monoisotopic (exact) mass is 322 g/mol. The maximum Gasteiger partial charge on any atom is 0.320 e. The maximum atomic E-state index is 14.3. The second kappa shape index (κ2) is 6.54. The Morgan fingerprint density at radius 1 is 1.26 bits per heavy atom. The number of halogens is 1. The Kier molecular flexibility index (Phi) is 4.47. The number of carbonyl (C=O) groups excluding carboxylic acids is 1. The highest BCUT2D eigenvalue weighted by molar-refractivity contribution is 5.84. The van der Waals surface area contributed by atoms with E-state index in [4.69, 9.17) is 9.84 Å². The lowest BCUT2D eigenvalue weighted by atomic mass is 10.1. The zero-order valence-corrected chi connectivity index (χ0v) is 12.5. The normalized spacial score (nSPS) is 23.5. The highest BCUT2D eigenvalue weighted by Crippen LogP contribution is 2.29. The molecule has 2 aliphatic rings. The van der Waals surface area contributed by atoms with Gasteiger partial charge in [0.05, 0.1) is 12.1 Å². The number of hydrogen-bond acceptors (Lipinski definition) is 4. The number of carbonyl (C=O) groups is 2. The summed E-state index contributed by atoms with van der Waals surface area (Å²) in [6.45, 7) is 0.0441. The summed E-state index contributed by atoms with van der Waals surface area (Å²) >= 11 is 0. The molecule has 3 N–H and O–H groups in total. The van der Waals surface area contributed by atoms with Gasteiger partial charge in [-0.2, -0.15) is 0 Å². The Hall–Kier alpha value is -2.15. The molecule has 1 heterocycles. The molecule has 0 bridgehead atoms. The van der Waals surface area contributed by atoms with Crippen molar-refractivity contribution in [1.82, 2.24) is 10.6 Å². The van der Waals surface area contributed by atoms with Crippen LogP contribution in [0.2, 0.25) is 0 Å². The first-order valence-corrected chi connectivity index (χ1v) is 7.75. The number of nitrogens with one attached hydrogen (secondary N) is 2. The van der Waals surface area contributed by atoms with E-state index in [1.54, 1.807) is 18.2 Å². The molecular weight excluding hydrogens is 303 g/mol. The predicted molar refractivity (Wildman–Crippen MR) is 79.5 cm³/mol. The number of rotatable bonds is 6. The Balaban J connectivity index is 1.55. The molecule has 0 aromatic heterocycles. The lowest BCUT2D eigenvalue weighted by molar-refractivity contribution is -0.139. The van der Waals surface area contributed by atoms with Crippen molar-refractivity contribution in [1.29, 1.82) is 0 Å². The van der Waals surface area contributed by atoms with Crippen LogP contribution in [0, 0.1) is 5.82 Å². The van der Waals surface area contributed by atoms with Crippen LogP contribution in [0.25, 0.3) is 0 Å². The highest BCUT2D eigenvalue weighted by atomic mass is 19.1. The van der Waals surface area contributed by atoms with Crippen molar-refractivity contribution in [3.05, 3.63) is 29.6 Å². The molecule has 1 amide bonds. The molecule has 2 fully saturated rings. The minimum Gasteiger partial charge on any atom is -0.487 e. The van der Waals surface area contributed by atoms with E-state index in [0.717, 1.165) is 12.8 Å². The number of amides is 1. The summed E-state index contributed by atoms with van der Waals surface area (Å²) in [5.41, 5.74) is 0.351. The van der Waals surface area contributed by atoms with Crippen molar-refractivity contribution in [2.24, 2.45) is 0 Å². The SMILES string of the molecule is O=C(O)[C@@H]1CC[C@H](C(=O)NCc2cccc(OC3CC3)c2F)N1. The second-order valence-electron chi connectivity index (χ2n) is 5.95. The van der Waals surface area contributed by atoms with E-state index in [1.807, 2.05) is 0 Å². The van der Waals surface area contributed by atoms with Crippen LogP contribution in [0.15, 0.2) is 18.2 Å². The summed E-state index contributed by atoms with van der Waals surface area (Å²) in [5, 5.41) is 14.3. The lowest BCUT2D eigenvalue weighted by Crippen LogP contribution is -2.44. The van der Waals surface area contributed by atoms with Crippen LogP contribution >= 0.6 is 0 Å². The summed E-state index contributed by atoms with van der Waals surface area (Å²) in [6.07, 6.45) is 2.85. The molecule has 7 heteroatoms. The first-order valence-electron chi connectivity index (χ1n) is 7.75. The number of ether oxygens (including phenoxy) is 1. The van der Waals surface area contributed by atoms with Crippen molar-refractivity contribution in [2.75, 3.05) is 0 Å². The van der Waals surface area contributed by atoms with Gasteiger partial charge in [0.2, 0.25) is 5.91 Å². The summed E-state index contributed by atoms with van der Waals surface area (Å²) in [7, 11) is 0. The van der Waals surface area contributed by atoms with Gasteiger partial charge in [0.15, 0.2) is 11.6 Å². The fraction of sp³-hybridized carbons (Fsp3) is 0.500. The van der Waals surface area contributed by atoms with E-state index in [2.05, 4.69) is 10.6 Å². The van der Waals surface area contributed by atoms with Gasteiger partial charge in [0, 0.05) is 12.1 Å². The molecule has 2 atom stereocenters. The second-order valence-corrected chi connectivity index (χ2v) is 5.95. The number of aliphatic carboxylic acids is 1. The van der Waals surface area contributed by atoms with Gasteiger partial charge in [-0.25, -0.2) is 4.39 Å². The number of carboxylic acid groups (broad SMARTS) is 1. The van der Waals surface area contributed by atoms with Crippen molar-refractivity contribution in [2.45, 2.75) is 50.4 Å². The quantitative estimate of drug-likeness (QED) is 0.732. The topological polar surface area (TPSA) is 87.7 Å². The number of benzene rings is 1. The maximum absolute atomic E-state index is 14.3. The van der Waals surface area contributed by atoms with Crippen molar-refractivity contribution in [3.63, 3.8) is 0 Å². The van der Waals surface area contributed by atoms with E-state index in [-0.39, 0.29) is 24.3 Å². The van der Waals surface area contributed by atoms with Gasteiger partial charge in [-0.05, 0) is 31.7 Å². The van der Waals surface area contributed by atoms with Gasteiger partial charge >= 0.3 is 5.97 Å². The highest BCUT2D eigenvalue weighted by Gasteiger charge is 2.33. The molecule has 23 heavy (non-hydrogen) atoms. The molecule has 3 rings (SSSR count). The van der Waals surface area contributed by atoms with Crippen molar-refractivity contribution in [3.8, 4) is 5.75 Å². The molecule has 1 saturated heterocycles. The Bertz CT molecular complexity index is 618. The molecule has 1 aliphatic heterocycles. The van der Waals surface area contributed by atoms with Gasteiger partial charge in [0.25, 0.3) is 0 Å². The fourth-order valence-corrected chi connectivity index (χ4v) is 2.60. The van der Waals surface area contributed by atoms with Gasteiger partial charge < -0.3 is 15.2 Å². The van der Waals surface area contributed by atoms with E-state index in [9.17, 15) is 14.0 Å². The van der Waals surface area contributed by atoms with Crippen LogP contribution in [-0.4, -0.2) is 35.2 Å². The average Bonchev–Trinajstić information content (AvgIpc) is 3.19. The average molecular weight is 322 g/mol. The minimum absolute atomic E-state index is 0.0441. The molecule has 0 unspecified atom stereocenters.